The first-order valence-corrected chi connectivity index (χ1v) is 5.49. The Hall–Kier alpha value is -0.870. The second-order valence-corrected chi connectivity index (χ2v) is 4.64. The van der Waals surface area contributed by atoms with Crippen molar-refractivity contribution >= 4 is 5.97 Å². The quantitative estimate of drug-likeness (QED) is 0.506. The van der Waals surface area contributed by atoms with E-state index in [1.165, 1.54) is 12.5 Å². The molecule has 0 fully saturated rings. The average Bonchev–Trinajstić information content (AvgIpc) is 2.17. The molecular weight excluding hydrogens is 282 g/mol. The number of halogens is 1. The summed E-state index contributed by atoms with van der Waals surface area (Å²) in [5.74, 6) is -0.209. The molecule has 0 amide bonds. The molecule has 96 valence electrons. The Kier molecular flexibility index (Phi) is 7.07. The maximum absolute atomic E-state index is 10.7. The van der Waals surface area contributed by atoms with Crippen LogP contribution in [0.3, 0.4) is 0 Å². The van der Waals surface area contributed by atoms with Crippen molar-refractivity contribution in [3.63, 3.8) is 0 Å². The molecule has 0 bridgehead atoms. The predicted octanol–water partition coefficient (Wildman–Crippen LogP) is -1.17. The van der Waals surface area contributed by atoms with Crippen LogP contribution in [-0.4, -0.2) is 37.7 Å². The van der Waals surface area contributed by atoms with Crippen LogP contribution in [-0.2, 0) is 16.1 Å². The van der Waals surface area contributed by atoms with Gasteiger partial charge in [0.25, 0.3) is 0 Å². The zero-order chi connectivity index (χ0) is 12.0. The minimum absolute atomic E-state index is 0. The van der Waals surface area contributed by atoms with E-state index >= 15 is 0 Å². The number of hydrogen-bond donors (Lipinski definition) is 0. The lowest BCUT2D eigenvalue weighted by atomic mass is 10.2. The molecule has 0 radical (unpaired) electrons. The monoisotopic (exact) mass is 301 g/mol. The van der Waals surface area contributed by atoms with Crippen LogP contribution in [0.5, 0.6) is 0 Å². The Morgan fingerprint density at radius 1 is 1.24 bits per heavy atom. The summed E-state index contributed by atoms with van der Waals surface area (Å²) >= 11 is 0. The fraction of sp³-hybridized carbons (Fsp3) is 0.462. The number of benzene rings is 1. The smallest absolute Gasteiger partial charge is 0.302 e. The standard InChI is InChI=1S/C13H20NO2.BrH/c1-12(15)16-10-9-14(2,3)11-13-7-5-4-6-8-13;/h4-8H,9-11H2,1-3H3;1H/q+1;/p-1. The average molecular weight is 302 g/mol. The van der Waals surface area contributed by atoms with E-state index in [2.05, 4.69) is 26.2 Å². The molecule has 0 aliphatic heterocycles. The first-order valence-electron chi connectivity index (χ1n) is 5.49. The van der Waals surface area contributed by atoms with E-state index in [1.807, 2.05) is 18.2 Å². The lowest BCUT2D eigenvalue weighted by molar-refractivity contribution is -0.903. The molecule has 0 saturated carbocycles. The normalized spacial score (nSPS) is 10.5. The number of esters is 1. The van der Waals surface area contributed by atoms with E-state index in [9.17, 15) is 4.79 Å². The fourth-order valence-electron chi connectivity index (χ4n) is 1.59. The van der Waals surface area contributed by atoms with Crippen molar-refractivity contribution in [1.29, 1.82) is 0 Å². The van der Waals surface area contributed by atoms with E-state index in [1.54, 1.807) is 0 Å². The highest BCUT2D eigenvalue weighted by molar-refractivity contribution is 5.65. The molecule has 0 unspecified atom stereocenters. The minimum atomic E-state index is -0.209. The highest BCUT2D eigenvalue weighted by atomic mass is 79.9. The Morgan fingerprint density at radius 3 is 2.35 bits per heavy atom. The molecule has 1 aromatic carbocycles. The summed E-state index contributed by atoms with van der Waals surface area (Å²) in [5, 5.41) is 0. The van der Waals surface area contributed by atoms with Gasteiger partial charge < -0.3 is 26.2 Å². The van der Waals surface area contributed by atoms with Crippen LogP contribution in [0.15, 0.2) is 30.3 Å². The SMILES string of the molecule is CC(=O)OCC[N+](C)(C)Cc1ccccc1.[Br-]. The van der Waals surface area contributed by atoms with Crippen LogP contribution < -0.4 is 17.0 Å². The summed E-state index contributed by atoms with van der Waals surface area (Å²) in [6, 6.07) is 10.3. The van der Waals surface area contributed by atoms with Crippen molar-refractivity contribution in [3.05, 3.63) is 35.9 Å². The van der Waals surface area contributed by atoms with Gasteiger partial charge in [0.2, 0.25) is 0 Å². The van der Waals surface area contributed by atoms with Gasteiger partial charge in [-0.1, -0.05) is 30.3 Å². The molecule has 0 saturated heterocycles. The molecule has 0 heterocycles. The Labute approximate surface area is 114 Å². The van der Waals surface area contributed by atoms with Gasteiger partial charge in [0.05, 0.1) is 14.1 Å². The third-order valence-electron chi connectivity index (χ3n) is 2.46. The van der Waals surface area contributed by atoms with Gasteiger partial charge in [-0.25, -0.2) is 0 Å². The third-order valence-corrected chi connectivity index (χ3v) is 2.46. The molecule has 17 heavy (non-hydrogen) atoms. The summed E-state index contributed by atoms with van der Waals surface area (Å²) in [6.07, 6.45) is 0. The van der Waals surface area contributed by atoms with Crippen molar-refractivity contribution in [1.82, 2.24) is 0 Å². The first-order chi connectivity index (χ1) is 7.49. The largest absolute Gasteiger partial charge is 1.00 e. The van der Waals surface area contributed by atoms with Gasteiger partial charge in [0, 0.05) is 12.5 Å². The molecule has 0 atom stereocenters. The van der Waals surface area contributed by atoms with Crippen molar-refractivity contribution in [2.24, 2.45) is 0 Å². The lowest BCUT2D eigenvalue weighted by Gasteiger charge is -2.29. The van der Waals surface area contributed by atoms with Crippen molar-refractivity contribution < 1.29 is 31.0 Å². The van der Waals surface area contributed by atoms with Gasteiger partial charge in [-0.3, -0.25) is 4.79 Å². The van der Waals surface area contributed by atoms with Gasteiger partial charge in [0.15, 0.2) is 0 Å². The maximum Gasteiger partial charge on any atom is 0.302 e. The van der Waals surface area contributed by atoms with Gasteiger partial charge >= 0.3 is 5.97 Å². The van der Waals surface area contributed by atoms with Crippen LogP contribution in [0.2, 0.25) is 0 Å². The predicted molar refractivity (Wildman–Crippen MR) is 63.8 cm³/mol. The molecule has 4 heteroatoms. The van der Waals surface area contributed by atoms with Crippen LogP contribution in [0, 0.1) is 0 Å². The molecule has 0 N–H and O–H groups in total. The number of nitrogens with zero attached hydrogens (tertiary/aromatic N) is 1. The van der Waals surface area contributed by atoms with E-state index in [0.717, 1.165) is 17.6 Å². The van der Waals surface area contributed by atoms with Crippen molar-refractivity contribution in [2.75, 3.05) is 27.2 Å². The summed E-state index contributed by atoms with van der Waals surface area (Å²) in [4.78, 5) is 10.7. The van der Waals surface area contributed by atoms with E-state index in [0.29, 0.717) is 6.61 Å². The molecule has 0 aliphatic carbocycles. The summed E-state index contributed by atoms with van der Waals surface area (Å²) in [6.45, 7) is 3.70. The fourth-order valence-corrected chi connectivity index (χ4v) is 1.59. The molecule has 3 nitrogen and oxygen atoms in total. The van der Waals surface area contributed by atoms with E-state index < -0.39 is 0 Å². The number of carbonyl (C=O) groups is 1. The molecule has 0 aliphatic rings. The highest BCUT2D eigenvalue weighted by Crippen LogP contribution is 2.08. The molecule has 0 spiro atoms. The summed E-state index contributed by atoms with van der Waals surface area (Å²) in [5.41, 5.74) is 1.30. The number of rotatable bonds is 5. The van der Waals surface area contributed by atoms with Gasteiger partial charge in [-0.2, -0.15) is 0 Å². The minimum Gasteiger partial charge on any atom is -1.00 e. The Morgan fingerprint density at radius 2 is 1.82 bits per heavy atom. The zero-order valence-electron chi connectivity index (χ0n) is 10.6. The van der Waals surface area contributed by atoms with Crippen molar-refractivity contribution in [3.8, 4) is 0 Å². The van der Waals surface area contributed by atoms with Gasteiger partial charge in [-0.15, -0.1) is 0 Å². The van der Waals surface area contributed by atoms with Crippen LogP contribution in [0.1, 0.15) is 12.5 Å². The highest BCUT2D eigenvalue weighted by Gasteiger charge is 2.15. The van der Waals surface area contributed by atoms with Crippen LogP contribution in [0.4, 0.5) is 0 Å². The van der Waals surface area contributed by atoms with E-state index in [-0.39, 0.29) is 23.0 Å². The molecule has 1 rings (SSSR count). The molecule has 0 aromatic heterocycles. The van der Waals surface area contributed by atoms with Crippen molar-refractivity contribution in [2.45, 2.75) is 13.5 Å². The number of quaternary nitrogens is 1. The maximum atomic E-state index is 10.7. The summed E-state index contributed by atoms with van der Waals surface area (Å²) in [7, 11) is 4.27. The first kappa shape index (κ1) is 16.1. The van der Waals surface area contributed by atoms with Gasteiger partial charge in [0.1, 0.15) is 19.7 Å². The number of carbonyl (C=O) groups excluding carboxylic acids is 1. The second kappa shape index (κ2) is 7.45. The van der Waals surface area contributed by atoms with Crippen LogP contribution in [0.25, 0.3) is 0 Å². The van der Waals surface area contributed by atoms with E-state index in [4.69, 9.17) is 4.74 Å². The number of hydrogen-bond acceptors (Lipinski definition) is 2. The molecular formula is C13H20BrNO2. The summed E-state index contributed by atoms with van der Waals surface area (Å²) < 4.78 is 5.78. The topological polar surface area (TPSA) is 26.3 Å². The van der Waals surface area contributed by atoms with Gasteiger partial charge in [-0.05, 0) is 0 Å². The number of likely N-dealkylation sites (N-methyl/N-ethyl adjacent to an activating group) is 1. The Balaban J connectivity index is 0.00000256. The van der Waals surface area contributed by atoms with Crippen LogP contribution >= 0.6 is 0 Å². The third kappa shape index (κ3) is 7.13. The lowest BCUT2D eigenvalue weighted by Crippen LogP contribution is -3.00. The second-order valence-electron chi connectivity index (χ2n) is 4.64. The number of ether oxygens (including phenoxy) is 1. The Bertz CT molecular complexity index is 339. The molecule has 1 aromatic rings. The zero-order valence-corrected chi connectivity index (χ0v) is 12.2.